The molecule has 0 aliphatic carbocycles. The molecule has 0 saturated carbocycles. The molecule has 0 bridgehead atoms. The smallest absolute Gasteiger partial charge is 0.331 e. The summed E-state index contributed by atoms with van der Waals surface area (Å²) < 4.78 is 16.6. The highest BCUT2D eigenvalue weighted by Gasteiger charge is 2.25. The molecule has 3 rings (SSSR count). The van der Waals surface area contributed by atoms with E-state index in [1.54, 1.807) is 66.7 Å². The molecular formula is C28H27NO5. The zero-order valence-electron chi connectivity index (χ0n) is 19.0. The van der Waals surface area contributed by atoms with E-state index in [0.717, 1.165) is 5.56 Å². The lowest BCUT2D eigenvalue weighted by Gasteiger charge is -2.18. The highest BCUT2D eigenvalue weighted by Crippen LogP contribution is 2.27. The molecule has 0 spiro atoms. The van der Waals surface area contributed by atoms with Crippen LogP contribution in [0.25, 0.3) is 6.08 Å². The number of hydrogen-bond donors (Lipinski definition) is 1. The topological polar surface area (TPSA) is 73.9 Å². The first-order valence-corrected chi connectivity index (χ1v) is 10.9. The number of anilines is 1. The zero-order valence-corrected chi connectivity index (χ0v) is 19.0. The molecule has 3 aromatic carbocycles. The number of nitrogens with one attached hydrogen (secondary N) is 1. The van der Waals surface area contributed by atoms with Crippen molar-refractivity contribution in [1.82, 2.24) is 0 Å². The summed E-state index contributed by atoms with van der Waals surface area (Å²) in [7, 11) is 0. The first-order valence-electron chi connectivity index (χ1n) is 10.9. The number of rotatable bonds is 11. The van der Waals surface area contributed by atoms with Gasteiger partial charge in [0.15, 0.2) is 0 Å². The summed E-state index contributed by atoms with van der Waals surface area (Å²) in [5, 5.41) is 2.81. The van der Waals surface area contributed by atoms with Crippen LogP contribution in [0.1, 0.15) is 24.2 Å². The van der Waals surface area contributed by atoms with Crippen LogP contribution in [0.5, 0.6) is 11.5 Å². The van der Waals surface area contributed by atoms with Gasteiger partial charge in [-0.25, -0.2) is 4.79 Å². The maximum Gasteiger partial charge on any atom is 0.331 e. The average Bonchev–Trinajstić information content (AvgIpc) is 2.87. The van der Waals surface area contributed by atoms with Crippen molar-refractivity contribution in [2.24, 2.45) is 0 Å². The molecule has 1 atom stereocenters. The maximum absolute atomic E-state index is 13.1. The van der Waals surface area contributed by atoms with Gasteiger partial charge in [0.2, 0.25) is 6.10 Å². The van der Waals surface area contributed by atoms with Gasteiger partial charge in [0.25, 0.3) is 5.91 Å². The molecule has 6 nitrogen and oxygen atoms in total. The Bertz CT molecular complexity index is 1120. The van der Waals surface area contributed by atoms with E-state index >= 15 is 0 Å². The van der Waals surface area contributed by atoms with Crippen molar-refractivity contribution >= 4 is 23.6 Å². The number of amides is 1. The minimum Gasteiger partial charge on any atom is -0.492 e. The Morgan fingerprint density at radius 2 is 1.65 bits per heavy atom. The Balaban J connectivity index is 1.72. The summed E-state index contributed by atoms with van der Waals surface area (Å²) >= 11 is 0. The fourth-order valence-corrected chi connectivity index (χ4v) is 3.10. The molecule has 0 aliphatic heterocycles. The van der Waals surface area contributed by atoms with Crippen molar-refractivity contribution < 1.29 is 23.8 Å². The molecule has 0 saturated heterocycles. The second kappa shape index (κ2) is 12.6. The highest BCUT2D eigenvalue weighted by atomic mass is 16.5. The van der Waals surface area contributed by atoms with Crippen LogP contribution in [0.4, 0.5) is 5.69 Å². The van der Waals surface area contributed by atoms with Crippen molar-refractivity contribution in [3.8, 4) is 11.5 Å². The molecule has 1 unspecified atom stereocenters. The Hall–Kier alpha value is -4.32. The molecule has 1 amide bonds. The van der Waals surface area contributed by atoms with E-state index in [1.807, 2.05) is 31.2 Å². The van der Waals surface area contributed by atoms with Gasteiger partial charge in [0.05, 0.1) is 12.3 Å². The van der Waals surface area contributed by atoms with E-state index in [1.165, 1.54) is 6.08 Å². The normalized spacial score (nSPS) is 11.4. The molecule has 34 heavy (non-hydrogen) atoms. The minimum atomic E-state index is -1.14. The van der Waals surface area contributed by atoms with Crippen LogP contribution in [0, 0.1) is 0 Å². The summed E-state index contributed by atoms with van der Waals surface area (Å²) in [5.41, 5.74) is 1.84. The van der Waals surface area contributed by atoms with Crippen LogP contribution in [-0.4, -0.2) is 25.1 Å². The van der Waals surface area contributed by atoms with Gasteiger partial charge in [-0.2, -0.15) is 0 Å². The molecule has 174 valence electrons. The predicted molar refractivity (Wildman–Crippen MR) is 133 cm³/mol. The van der Waals surface area contributed by atoms with Crippen molar-refractivity contribution in [2.45, 2.75) is 13.0 Å². The van der Waals surface area contributed by atoms with E-state index in [0.29, 0.717) is 36.0 Å². The Kier molecular flexibility index (Phi) is 9.05. The lowest BCUT2D eigenvalue weighted by Crippen LogP contribution is -2.25. The van der Waals surface area contributed by atoms with Crippen molar-refractivity contribution in [3.63, 3.8) is 0 Å². The zero-order chi connectivity index (χ0) is 24.2. The second-order valence-corrected chi connectivity index (χ2v) is 7.15. The summed E-state index contributed by atoms with van der Waals surface area (Å²) in [4.78, 5) is 25.7. The van der Waals surface area contributed by atoms with E-state index < -0.39 is 18.0 Å². The van der Waals surface area contributed by atoms with Crippen LogP contribution >= 0.6 is 0 Å². The van der Waals surface area contributed by atoms with Gasteiger partial charge >= 0.3 is 5.97 Å². The number of para-hydroxylation sites is 2. The van der Waals surface area contributed by atoms with Crippen molar-refractivity contribution in [3.05, 3.63) is 109 Å². The fourth-order valence-electron chi connectivity index (χ4n) is 3.10. The lowest BCUT2D eigenvalue weighted by molar-refractivity contribution is -0.149. The number of ether oxygens (including phenoxy) is 3. The molecule has 0 radical (unpaired) electrons. The fraction of sp³-hybridized carbons (Fsp3) is 0.143. The number of esters is 1. The third-order valence-corrected chi connectivity index (χ3v) is 4.68. The Morgan fingerprint density at radius 3 is 2.35 bits per heavy atom. The van der Waals surface area contributed by atoms with Crippen LogP contribution in [0.2, 0.25) is 0 Å². The van der Waals surface area contributed by atoms with Gasteiger partial charge < -0.3 is 19.5 Å². The highest BCUT2D eigenvalue weighted by molar-refractivity contribution is 5.98. The molecule has 6 heteroatoms. The van der Waals surface area contributed by atoms with E-state index in [-0.39, 0.29) is 0 Å². The van der Waals surface area contributed by atoms with Gasteiger partial charge in [-0.15, -0.1) is 0 Å². The summed E-state index contributed by atoms with van der Waals surface area (Å²) in [6.07, 6.45) is 3.43. The minimum absolute atomic E-state index is 0.416. The average molecular weight is 458 g/mol. The van der Waals surface area contributed by atoms with Gasteiger partial charge in [-0.05, 0) is 42.8 Å². The molecule has 0 aliphatic rings. The van der Waals surface area contributed by atoms with Crippen LogP contribution in [0.15, 0.2) is 97.6 Å². The van der Waals surface area contributed by atoms with Gasteiger partial charge in [0.1, 0.15) is 18.1 Å². The number of hydrogen-bond acceptors (Lipinski definition) is 5. The molecule has 0 heterocycles. The van der Waals surface area contributed by atoms with Crippen molar-refractivity contribution in [1.29, 1.82) is 0 Å². The monoisotopic (exact) mass is 457 g/mol. The quantitative estimate of drug-likeness (QED) is 0.231. The third kappa shape index (κ3) is 7.10. The summed E-state index contributed by atoms with van der Waals surface area (Å²) in [6, 6.07) is 23.2. The van der Waals surface area contributed by atoms with E-state index in [9.17, 15) is 9.59 Å². The maximum atomic E-state index is 13.1. The van der Waals surface area contributed by atoms with E-state index in [4.69, 9.17) is 14.2 Å². The van der Waals surface area contributed by atoms with E-state index in [2.05, 4.69) is 11.9 Å². The third-order valence-electron chi connectivity index (χ3n) is 4.68. The lowest BCUT2D eigenvalue weighted by atomic mass is 10.1. The van der Waals surface area contributed by atoms with Gasteiger partial charge in [0, 0.05) is 11.6 Å². The Morgan fingerprint density at radius 1 is 0.941 bits per heavy atom. The molecule has 0 aromatic heterocycles. The van der Waals surface area contributed by atoms with Gasteiger partial charge in [-0.3, -0.25) is 4.79 Å². The van der Waals surface area contributed by atoms with Crippen molar-refractivity contribution in [2.75, 3.05) is 18.5 Å². The SMILES string of the molecule is C=CCOc1ccc(/C=C/C(=O)OC(C(=O)Nc2ccccc2OCC)c2ccccc2)cc1. The van der Waals surface area contributed by atoms with Crippen LogP contribution in [0.3, 0.4) is 0 Å². The number of benzene rings is 3. The second-order valence-electron chi connectivity index (χ2n) is 7.15. The first kappa shape index (κ1) is 24.3. The molecule has 1 N–H and O–H groups in total. The van der Waals surface area contributed by atoms with Crippen LogP contribution in [-0.2, 0) is 14.3 Å². The Labute approximate surface area is 199 Å². The standard InChI is InChI=1S/C28H27NO5/c1-3-20-33-23-17-14-21(15-18-23)16-19-26(30)34-27(22-10-6-5-7-11-22)28(31)29-24-12-8-9-13-25(24)32-4-2/h3,5-19,27H,1,4,20H2,2H3,(H,29,31)/b19-16+. The first-order chi connectivity index (χ1) is 16.6. The molecule has 3 aromatic rings. The predicted octanol–water partition coefficient (Wildman–Crippen LogP) is 5.59. The largest absolute Gasteiger partial charge is 0.492 e. The number of carbonyl (C=O) groups is 2. The summed E-state index contributed by atoms with van der Waals surface area (Å²) in [6.45, 7) is 6.35. The number of carbonyl (C=O) groups excluding carboxylic acids is 2. The summed E-state index contributed by atoms with van der Waals surface area (Å²) in [5.74, 6) is 0.113. The van der Waals surface area contributed by atoms with Gasteiger partial charge in [-0.1, -0.05) is 67.3 Å². The molecular weight excluding hydrogens is 430 g/mol. The molecule has 0 fully saturated rings. The van der Waals surface area contributed by atoms with Crippen LogP contribution < -0.4 is 14.8 Å².